The predicted molar refractivity (Wildman–Crippen MR) is 126 cm³/mol. The van der Waals surface area contributed by atoms with Gasteiger partial charge in [0.05, 0.1) is 13.2 Å². The van der Waals surface area contributed by atoms with Gasteiger partial charge in [-0.3, -0.25) is 14.4 Å². The molecule has 180 valence electrons. The molecule has 3 amide bonds. The maximum absolute atomic E-state index is 12.6. The number of ether oxygens (including phenoxy) is 1. The molecular formula is C23H37ClN4O4. The van der Waals surface area contributed by atoms with Crippen molar-refractivity contribution in [2.45, 2.75) is 58.7 Å². The lowest BCUT2D eigenvalue weighted by Crippen LogP contribution is -2.51. The number of hydrogen-bond donors (Lipinski definition) is 3. The van der Waals surface area contributed by atoms with E-state index in [-0.39, 0.29) is 36.0 Å². The van der Waals surface area contributed by atoms with Gasteiger partial charge in [-0.2, -0.15) is 0 Å². The van der Waals surface area contributed by atoms with E-state index in [1.165, 1.54) is 0 Å². The minimum absolute atomic E-state index is 0. The highest BCUT2D eigenvalue weighted by Gasteiger charge is 2.30. The van der Waals surface area contributed by atoms with Crippen LogP contribution >= 0.6 is 12.4 Å². The first kappa shape index (κ1) is 27.7. The number of piperidine rings is 1. The summed E-state index contributed by atoms with van der Waals surface area (Å²) in [5.41, 5.74) is 6.95. The van der Waals surface area contributed by atoms with E-state index < -0.39 is 12.1 Å². The molecule has 1 saturated heterocycles. The van der Waals surface area contributed by atoms with Gasteiger partial charge in [0.2, 0.25) is 17.7 Å². The summed E-state index contributed by atoms with van der Waals surface area (Å²) < 4.78 is 5.12. The first-order chi connectivity index (χ1) is 14.7. The molecule has 4 N–H and O–H groups in total. The van der Waals surface area contributed by atoms with Gasteiger partial charge in [-0.05, 0) is 49.8 Å². The SMILES string of the molecule is COc1ccc(CNC(=O)[C@H](C)NC(=O)C2CCN(C(=O)[C@@H](N)CC(C)C)CC2)cc1.Cl. The number of benzene rings is 1. The van der Waals surface area contributed by atoms with E-state index >= 15 is 0 Å². The number of carbonyl (C=O) groups excluding carboxylic acids is 3. The summed E-state index contributed by atoms with van der Waals surface area (Å²) in [7, 11) is 1.60. The lowest BCUT2D eigenvalue weighted by atomic mass is 9.94. The summed E-state index contributed by atoms with van der Waals surface area (Å²) in [6.45, 7) is 7.16. The van der Waals surface area contributed by atoms with E-state index in [2.05, 4.69) is 10.6 Å². The van der Waals surface area contributed by atoms with Crippen LogP contribution in [0.5, 0.6) is 5.75 Å². The lowest BCUT2D eigenvalue weighted by Gasteiger charge is -2.33. The molecule has 2 rings (SSSR count). The zero-order valence-corrected chi connectivity index (χ0v) is 20.2. The highest BCUT2D eigenvalue weighted by Crippen LogP contribution is 2.19. The van der Waals surface area contributed by atoms with Gasteiger partial charge in [0.15, 0.2) is 0 Å². The van der Waals surface area contributed by atoms with Crippen LogP contribution in [0.25, 0.3) is 0 Å². The third-order valence-corrected chi connectivity index (χ3v) is 5.60. The van der Waals surface area contributed by atoms with Gasteiger partial charge in [-0.1, -0.05) is 26.0 Å². The molecule has 0 saturated carbocycles. The molecule has 1 heterocycles. The van der Waals surface area contributed by atoms with Crippen LogP contribution in [0.3, 0.4) is 0 Å². The van der Waals surface area contributed by atoms with E-state index in [1.54, 1.807) is 18.9 Å². The number of halogens is 1. The van der Waals surface area contributed by atoms with Crippen molar-refractivity contribution in [3.05, 3.63) is 29.8 Å². The van der Waals surface area contributed by atoms with Crippen molar-refractivity contribution in [2.75, 3.05) is 20.2 Å². The summed E-state index contributed by atoms with van der Waals surface area (Å²) >= 11 is 0. The fraction of sp³-hybridized carbons (Fsp3) is 0.609. The van der Waals surface area contributed by atoms with Crippen molar-refractivity contribution in [3.63, 3.8) is 0 Å². The van der Waals surface area contributed by atoms with E-state index in [4.69, 9.17) is 10.5 Å². The zero-order valence-electron chi connectivity index (χ0n) is 19.4. The third-order valence-electron chi connectivity index (χ3n) is 5.60. The Morgan fingerprint density at radius 1 is 1.12 bits per heavy atom. The van der Waals surface area contributed by atoms with Crippen LogP contribution in [0.15, 0.2) is 24.3 Å². The number of rotatable bonds is 9. The molecule has 1 aliphatic rings. The Kier molecular flexibility index (Phi) is 11.5. The second-order valence-electron chi connectivity index (χ2n) is 8.63. The molecule has 1 aromatic carbocycles. The first-order valence-corrected chi connectivity index (χ1v) is 11.0. The fourth-order valence-electron chi connectivity index (χ4n) is 3.69. The molecule has 0 radical (unpaired) electrons. The first-order valence-electron chi connectivity index (χ1n) is 11.0. The molecule has 1 aromatic rings. The number of nitrogens with zero attached hydrogens (tertiary/aromatic N) is 1. The molecule has 1 aliphatic heterocycles. The Hall–Kier alpha value is -2.32. The van der Waals surface area contributed by atoms with Crippen molar-refractivity contribution < 1.29 is 19.1 Å². The van der Waals surface area contributed by atoms with Crippen LogP contribution in [0, 0.1) is 11.8 Å². The molecule has 9 heteroatoms. The topological polar surface area (TPSA) is 114 Å². The van der Waals surface area contributed by atoms with Crippen molar-refractivity contribution in [1.29, 1.82) is 0 Å². The van der Waals surface area contributed by atoms with Gasteiger partial charge in [0.1, 0.15) is 11.8 Å². The number of hydrogen-bond acceptors (Lipinski definition) is 5. The van der Waals surface area contributed by atoms with Crippen LogP contribution in [0.2, 0.25) is 0 Å². The van der Waals surface area contributed by atoms with Crippen molar-refractivity contribution >= 4 is 30.1 Å². The number of amides is 3. The second-order valence-corrected chi connectivity index (χ2v) is 8.63. The van der Waals surface area contributed by atoms with Gasteiger partial charge in [-0.25, -0.2) is 0 Å². The summed E-state index contributed by atoms with van der Waals surface area (Å²) in [6.07, 6.45) is 1.81. The Bertz CT molecular complexity index is 749. The molecule has 0 bridgehead atoms. The smallest absolute Gasteiger partial charge is 0.242 e. The second kappa shape index (κ2) is 13.3. The van der Waals surface area contributed by atoms with E-state index in [1.807, 2.05) is 38.1 Å². The molecule has 32 heavy (non-hydrogen) atoms. The lowest BCUT2D eigenvalue weighted by molar-refractivity contribution is -0.137. The number of nitrogens with two attached hydrogens (primary N) is 1. The van der Waals surface area contributed by atoms with Crippen LogP contribution in [0.4, 0.5) is 0 Å². The van der Waals surface area contributed by atoms with E-state index in [9.17, 15) is 14.4 Å². The average molecular weight is 469 g/mol. The van der Waals surface area contributed by atoms with Crippen LogP contribution < -0.4 is 21.1 Å². The van der Waals surface area contributed by atoms with Gasteiger partial charge < -0.3 is 26.0 Å². The van der Waals surface area contributed by atoms with Gasteiger partial charge >= 0.3 is 0 Å². The highest BCUT2D eigenvalue weighted by atomic mass is 35.5. The number of carbonyl (C=O) groups is 3. The van der Waals surface area contributed by atoms with E-state index in [0.717, 1.165) is 11.3 Å². The number of nitrogens with one attached hydrogen (secondary N) is 2. The predicted octanol–water partition coefficient (Wildman–Crippen LogP) is 1.85. The summed E-state index contributed by atoms with van der Waals surface area (Å²) in [4.78, 5) is 39.1. The van der Waals surface area contributed by atoms with Crippen molar-refractivity contribution in [3.8, 4) is 5.75 Å². The van der Waals surface area contributed by atoms with Crippen molar-refractivity contribution in [2.24, 2.45) is 17.6 Å². The molecular weight excluding hydrogens is 432 g/mol. The summed E-state index contributed by atoms with van der Waals surface area (Å²) in [5.74, 6) is 0.480. The minimum atomic E-state index is -0.634. The Morgan fingerprint density at radius 2 is 1.72 bits per heavy atom. The Balaban J connectivity index is 0.00000512. The number of methoxy groups -OCH3 is 1. The maximum atomic E-state index is 12.6. The minimum Gasteiger partial charge on any atom is -0.497 e. The fourth-order valence-corrected chi connectivity index (χ4v) is 3.69. The van der Waals surface area contributed by atoms with Gasteiger partial charge in [0.25, 0.3) is 0 Å². The van der Waals surface area contributed by atoms with Crippen LogP contribution in [-0.4, -0.2) is 54.9 Å². The molecule has 8 nitrogen and oxygen atoms in total. The number of likely N-dealkylation sites (tertiary alicyclic amines) is 1. The molecule has 2 atom stereocenters. The quantitative estimate of drug-likeness (QED) is 0.511. The molecule has 0 spiro atoms. The maximum Gasteiger partial charge on any atom is 0.242 e. The third kappa shape index (κ3) is 8.31. The van der Waals surface area contributed by atoms with E-state index in [0.29, 0.717) is 44.8 Å². The molecule has 0 unspecified atom stereocenters. The summed E-state index contributed by atoms with van der Waals surface area (Å²) in [6, 6.07) is 6.30. The largest absolute Gasteiger partial charge is 0.497 e. The van der Waals surface area contributed by atoms with Gasteiger partial charge in [-0.15, -0.1) is 12.4 Å². The van der Waals surface area contributed by atoms with Crippen LogP contribution in [0.1, 0.15) is 45.6 Å². The zero-order chi connectivity index (χ0) is 23.0. The molecule has 0 aromatic heterocycles. The van der Waals surface area contributed by atoms with Gasteiger partial charge in [0, 0.05) is 25.6 Å². The Labute approximate surface area is 197 Å². The summed E-state index contributed by atoms with van der Waals surface area (Å²) in [5, 5.41) is 5.63. The highest BCUT2D eigenvalue weighted by molar-refractivity contribution is 5.88. The Morgan fingerprint density at radius 3 is 2.25 bits per heavy atom. The molecule has 1 fully saturated rings. The average Bonchev–Trinajstić information content (AvgIpc) is 2.76. The standard InChI is InChI=1S/C23H36N4O4.ClH/c1-15(2)13-20(24)23(30)27-11-9-18(10-12-27)22(29)26-16(3)21(28)25-14-17-5-7-19(31-4)8-6-17;/h5-8,15-16,18,20H,9-14,24H2,1-4H3,(H,25,28)(H,26,29);1H/t16-,20-;/m0./s1. The van der Waals surface area contributed by atoms with Crippen molar-refractivity contribution in [1.82, 2.24) is 15.5 Å². The normalized spacial score (nSPS) is 16.0. The molecule has 0 aliphatic carbocycles. The monoisotopic (exact) mass is 468 g/mol. The van der Waals surface area contributed by atoms with Crippen LogP contribution in [-0.2, 0) is 20.9 Å².